The molecule has 0 bridgehead atoms. The van der Waals surface area contributed by atoms with Gasteiger partial charge in [-0.1, -0.05) is 24.3 Å². The van der Waals surface area contributed by atoms with E-state index in [0.717, 1.165) is 60.3 Å². The molecule has 2 aromatic carbocycles. The fourth-order valence-electron chi connectivity index (χ4n) is 3.48. The van der Waals surface area contributed by atoms with Gasteiger partial charge in [-0.2, -0.15) is 18.2 Å². The summed E-state index contributed by atoms with van der Waals surface area (Å²) in [7, 11) is 0. The largest absolute Gasteiger partial charge is 0.416 e. The number of alkyl halides is 3. The van der Waals surface area contributed by atoms with Gasteiger partial charge in [0.05, 0.1) is 11.1 Å². The van der Waals surface area contributed by atoms with E-state index in [1.165, 1.54) is 18.6 Å². The molecule has 1 saturated heterocycles. The number of halogens is 4. The van der Waals surface area contributed by atoms with E-state index in [1.807, 2.05) is 24.3 Å². The molecule has 4 rings (SSSR count). The quantitative estimate of drug-likeness (QED) is 0.588. The van der Waals surface area contributed by atoms with Gasteiger partial charge < -0.3 is 10.2 Å². The van der Waals surface area contributed by atoms with Crippen molar-refractivity contribution in [3.05, 3.63) is 59.7 Å². The smallest absolute Gasteiger partial charge is 0.356 e. The second-order valence-corrected chi connectivity index (χ2v) is 6.98. The van der Waals surface area contributed by atoms with Crippen LogP contribution in [0.1, 0.15) is 30.4 Å². The Bertz CT molecular complexity index is 954. The van der Waals surface area contributed by atoms with Gasteiger partial charge in [0.1, 0.15) is 5.82 Å². The van der Waals surface area contributed by atoms with E-state index >= 15 is 0 Å². The molecule has 4 nitrogen and oxygen atoms in total. The van der Waals surface area contributed by atoms with E-state index in [9.17, 15) is 13.2 Å². The van der Waals surface area contributed by atoms with Crippen LogP contribution in [0.5, 0.6) is 0 Å². The summed E-state index contributed by atoms with van der Waals surface area (Å²) in [6.45, 7) is 2.30. The Balaban J connectivity index is 0.00000240. The molecule has 0 aliphatic carbocycles. The van der Waals surface area contributed by atoms with E-state index < -0.39 is 11.7 Å². The molecule has 0 saturated carbocycles. The van der Waals surface area contributed by atoms with Crippen molar-refractivity contribution in [3.8, 4) is 0 Å². The van der Waals surface area contributed by atoms with Gasteiger partial charge in [0.25, 0.3) is 0 Å². The van der Waals surface area contributed by atoms with Crippen LogP contribution in [0.3, 0.4) is 0 Å². The van der Waals surface area contributed by atoms with Gasteiger partial charge in [-0.3, -0.25) is 0 Å². The molecule has 1 aromatic heterocycles. The molecular formula is C21H22ClF3N4. The van der Waals surface area contributed by atoms with Crippen LogP contribution in [0.25, 0.3) is 10.9 Å². The minimum absolute atomic E-state index is 0. The first-order valence-corrected chi connectivity index (χ1v) is 9.42. The van der Waals surface area contributed by atoms with Crippen molar-refractivity contribution in [2.45, 2.75) is 32.0 Å². The van der Waals surface area contributed by atoms with Crippen LogP contribution in [-0.2, 0) is 12.7 Å². The summed E-state index contributed by atoms with van der Waals surface area (Å²) >= 11 is 0. The molecule has 3 aromatic rings. The fourth-order valence-corrected chi connectivity index (χ4v) is 3.48. The first-order valence-electron chi connectivity index (χ1n) is 9.42. The standard InChI is InChI=1S/C21H21F3N4.ClH/c22-21(23,24)16-10-8-15(9-11-16)14-25-20-26-18-7-3-2-6-17(18)19(27-20)28-12-4-1-5-13-28;/h2-3,6-11H,1,4-5,12-14H2,(H,25,26,27);1H. The topological polar surface area (TPSA) is 41.1 Å². The molecule has 1 aliphatic rings. The van der Waals surface area contributed by atoms with E-state index in [0.29, 0.717) is 12.5 Å². The number of nitrogens with one attached hydrogen (secondary N) is 1. The molecule has 154 valence electrons. The van der Waals surface area contributed by atoms with E-state index in [2.05, 4.69) is 15.2 Å². The van der Waals surface area contributed by atoms with Crippen molar-refractivity contribution in [2.75, 3.05) is 23.3 Å². The van der Waals surface area contributed by atoms with Gasteiger partial charge in [-0.15, -0.1) is 12.4 Å². The molecule has 8 heteroatoms. The number of rotatable bonds is 4. The number of para-hydroxylation sites is 1. The normalized spacial score (nSPS) is 14.5. The van der Waals surface area contributed by atoms with Crippen molar-refractivity contribution < 1.29 is 13.2 Å². The molecule has 1 aliphatic heterocycles. The predicted molar refractivity (Wildman–Crippen MR) is 112 cm³/mol. The first kappa shape index (κ1) is 21.2. The summed E-state index contributed by atoms with van der Waals surface area (Å²) in [5.74, 6) is 1.40. The Morgan fingerprint density at radius 2 is 1.59 bits per heavy atom. The molecule has 0 spiro atoms. The van der Waals surface area contributed by atoms with Crippen LogP contribution in [0.15, 0.2) is 48.5 Å². The second kappa shape index (κ2) is 8.86. The number of anilines is 2. The summed E-state index contributed by atoms with van der Waals surface area (Å²) in [6.07, 6.45) is -0.797. The Morgan fingerprint density at radius 1 is 0.897 bits per heavy atom. The zero-order valence-electron chi connectivity index (χ0n) is 15.7. The summed E-state index contributed by atoms with van der Waals surface area (Å²) in [5.41, 5.74) is 0.947. The van der Waals surface area contributed by atoms with Gasteiger partial charge >= 0.3 is 6.18 Å². The van der Waals surface area contributed by atoms with Crippen molar-refractivity contribution >= 4 is 35.1 Å². The monoisotopic (exact) mass is 422 g/mol. The molecule has 1 fully saturated rings. The lowest BCUT2D eigenvalue weighted by atomic mass is 10.1. The van der Waals surface area contributed by atoms with Gasteiger partial charge in [-0.25, -0.2) is 4.98 Å². The third-order valence-electron chi connectivity index (χ3n) is 4.97. The van der Waals surface area contributed by atoms with Gasteiger partial charge in [0.2, 0.25) is 5.95 Å². The molecule has 0 amide bonds. The highest BCUT2D eigenvalue weighted by atomic mass is 35.5. The summed E-state index contributed by atoms with van der Waals surface area (Å²) < 4.78 is 38.1. The van der Waals surface area contributed by atoms with E-state index in [-0.39, 0.29) is 12.4 Å². The average Bonchev–Trinajstić information content (AvgIpc) is 2.72. The van der Waals surface area contributed by atoms with Crippen LogP contribution < -0.4 is 10.2 Å². The fraction of sp³-hybridized carbons (Fsp3) is 0.333. The highest BCUT2D eigenvalue weighted by molar-refractivity contribution is 5.90. The molecule has 1 N–H and O–H groups in total. The van der Waals surface area contributed by atoms with Crippen molar-refractivity contribution in [3.63, 3.8) is 0 Å². The zero-order chi connectivity index (χ0) is 19.6. The molecular weight excluding hydrogens is 401 g/mol. The third-order valence-corrected chi connectivity index (χ3v) is 4.97. The number of benzene rings is 2. The zero-order valence-corrected chi connectivity index (χ0v) is 16.6. The Labute approximate surface area is 173 Å². The van der Waals surface area contributed by atoms with Crippen molar-refractivity contribution in [1.29, 1.82) is 0 Å². The van der Waals surface area contributed by atoms with Crippen molar-refractivity contribution in [2.24, 2.45) is 0 Å². The van der Waals surface area contributed by atoms with Crippen LogP contribution in [-0.4, -0.2) is 23.1 Å². The van der Waals surface area contributed by atoms with Crippen LogP contribution in [0.2, 0.25) is 0 Å². The van der Waals surface area contributed by atoms with Crippen LogP contribution in [0, 0.1) is 0 Å². The summed E-state index contributed by atoms with van der Waals surface area (Å²) in [6, 6.07) is 13.0. The molecule has 0 radical (unpaired) electrons. The van der Waals surface area contributed by atoms with Crippen molar-refractivity contribution in [1.82, 2.24) is 9.97 Å². The van der Waals surface area contributed by atoms with Crippen LogP contribution >= 0.6 is 12.4 Å². The maximum Gasteiger partial charge on any atom is 0.416 e. The number of hydrogen-bond acceptors (Lipinski definition) is 4. The van der Waals surface area contributed by atoms with Crippen LogP contribution in [0.4, 0.5) is 24.9 Å². The maximum absolute atomic E-state index is 12.7. The molecule has 29 heavy (non-hydrogen) atoms. The van der Waals surface area contributed by atoms with Gasteiger partial charge in [-0.05, 0) is 49.1 Å². The Morgan fingerprint density at radius 3 is 2.28 bits per heavy atom. The molecule has 2 heterocycles. The maximum atomic E-state index is 12.7. The molecule has 0 unspecified atom stereocenters. The minimum atomic E-state index is -4.32. The van der Waals surface area contributed by atoms with Gasteiger partial charge in [0.15, 0.2) is 0 Å². The lowest BCUT2D eigenvalue weighted by molar-refractivity contribution is -0.137. The van der Waals surface area contributed by atoms with E-state index in [1.54, 1.807) is 0 Å². The number of aromatic nitrogens is 2. The van der Waals surface area contributed by atoms with E-state index in [4.69, 9.17) is 4.98 Å². The predicted octanol–water partition coefficient (Wildman–Crippen LogP) is 5.67. The SMILES string of the molecule is Cl.FC(F)(F)c1ccc(CNc2nc(N3CCCCC3)c3ccccc3n2)cc1. The number of hydrogen-bond donors (Lipinski definition) is 1. The second-order valence-electron chi connectivity index (χ2n) is 6.98. The minimum Gasteiger partial charge on any atom is -0.356 e. The average molecular weight is 423 g/mol. The Hall–Kier alpha value is -2.54. The summed E-state index contributed by atoms with van der Waals surface area (Å²) in [4.78, 5) is 11.6. The molecule has 0 atom stereocenters. The number of piperidine rings is 1. The first-order chi connectivity index (χ1) is 13.5. The highest BCUT2D eigenvalue weighted by Gasteiger charge is 2.29. The Kier molecular flexibility index (Phi) is 6.47. The van der Waals surface area contributed by atoms with Gasteiger partial charge in [0, 0.05) is 25.0 Å². The number of nitrogens with zero attached hydrogens (tertiary/aromatic N) is 3. The number of fused-ring (bicyclic) bond motifs is 1. The lowest BCUT2D eigenvalue weighted by Gasteiger charge is -2.29. The highest BCUT2D eigenvalue weighted by Crippen LogP contribution is 2.30. The summed E-state index contributed by atoms with van der Waals surface area (Å²) in [5, 5.41) is 4.18. The third kappa shape index (κ3) is 4.90. The lowest BCUT2D eigenvalue weighted by Crippen LogP contribution is -2.30.